The molecule has 0 saturated heterocycles. The lowest BCUT2D eigenvalue weighted by atomic mass is 10.2. The van der Waals surface area contributed by atoms with Crippen molar-refractivity contribution in [3.8, 4) is 11.5 Å². The zero-order valence-electron chi connectivity index (χ0n) is 10.9. The summed E-state index contributed by atoms with van der Waals surface area (Å²) in [7, 11) is 0. The Hall–Kier alpha value is -1.71. The van der Waals surface area contributed by atoms with Crippen LogP contribution in [0.15, 0.2) is 29.2 Å². The summed E-state index contributed by atoms with van der Waals surface area (Å²) < 4.78 is 33.7. The molecule has 1 aromatic rings. The van der Waals surface area contributed by atoms with Crippen molar-refractivity contribution in [2.75, 3.05) is 19.6 Å². The van der Waals surface area contributed by atoms with Crippen LogP contribution in [0.5, 0.6) is 11.5 Å². The number of nitrogens with one attached hydrogen (secondary N) is 1. The maximum atomic E-state index is 7.53. The summed E-state index contributed by atoms with van der Waals surface area (Å²) in [5, 5.41) is 2.80. The van der Waals surface area contributed by atoms with E-state index in [-0.39, 0.29) is 6.61 Å². The van der Waals surface area contributed by atoms with Gasteiger partial charge in [0.1, 0.15) is 12.4 Å². The molecular weight excluding hydrogens is 192 g/mol. The number of para-hydroxylation sites is 2. The molecule has 3 atom stereocenters. The monoisotopic (exact) mass is 207 g/mol. The van der Waals surface area contributed by atoms with Crippen molar-refractivity contribution in [3.05, 3.63) is 24.2 Å². The third-order valence-corrected chi connectivity index (χ3v) is 2.27. The summed E-state index contributed by atoms with van der Waals surface area (Å²) in [6, 6.07) is 5.25. The van der Waals surface area contributed by atoms with E-state index >= 15 is 0 Å². The molecule has 0 fully saturated rings. The Morgan fingerprint density at radius 3 is 3.40 bits per heavy atom. The summed E-state index contributed by atoms with van der Waals surface area (Å²) in [5.41, 5.74) is 0. The van der Waals surface area contributed by atoms with E-state index in [2.05, 4.69) is 10.3 Å². The molecule has 4 heteroatoms. The average Bonchev–Trinajstić information content (AvgIpc) is 2.69. The number of ether oxygens (including phenoxy) is 2. The molecule has 2 aliphatic heterocycles. The molecule has 15 heavy (non-hydrogen) atoms. The van der Waals surface area contributed by atoms with E-state index in [1.54, 1.807) is 18.2 Å². The number of nitrogens with zero attached hydrogens (tertiary/aromatic N) is 1. The van der Waals surface area contributed by atoms with Crippen LogP contribution in [-0.2, 0) is 0 Å². The Morgan fingerprint density at radius 1 is 1.53 bits per heavy atom. The molecule has 4 nitrogen and oxygen atoms in total. The number of amidine groups is 1. The minimum Gasteiger partial charge on any atom is -0.485 e. The standard InChI is InChI=1S/C11H12N2O2/c1-2-4-9-8(3-1)14-7-10(15-9)11-12-5-6-13-11/h1-4,10H,5-7H2,(H,12,13)/i1D,5D,6D. The fourth-order valence-corrected chi connectivity index (χ4v) is 1.55. The van der Waals surface area contributed by atoms with Crippen molar-refractivity contribution in [2.24, 2.45) is 4.99 Å². The quantitative estimate of drug-likeness (QED) is 0.741. The molecule has 78 valence electrons. The maximum Gasteiger partial charge on any atom is 0.189 e. The fourth-order valence-electron chi connectivity index (χ4n) is 1.55. The minimum absolute atomic E-state index is 0.266. The first kappa shape index (κ1) is 6.00. The van der Waals surface area contributed by atoms with Crippen molar-refractivity contribution in [1.29, 1.82) is 0 Å². The molecule has 1 N–H and O–H groups in total. The van der Waals surface area contributed by atoms with E-state index in [4.69, 9.17) is 13.6 Å². The summed E-state index contributed by atoms with van der Waals surface area (Å²) in [5.74, 6) is 1.58. The first-order valence-corrected chi connectivity index (χ1v) is 4.72. The first-order chi connectivity index (χ1) is 8.63. The van der Waals surface area contributed by atoms with Gasteiger partial charge in [0, 0.05) is 6.52 Å². The fraction of sp³-hybridized carbons (Fsp3) is 0.364. The SMILES string of the molecule is [2H]c1ccc2c(c1)OCC(C1=NC([2H])C([2H])N1)O2. The number of fused-ring (bicyclic) bond motifs is 1. The van der Waals surface area contributed by atoms with E-state index in [0.29, 0.717) is 23.4 Å². The van der Waals surface area contributed by atoms with Crippen molar-refractivity contribution in [2.45, 2.75) is 6.10 Å². The van der Waals surface area contributed by atoms with Gasteiger partial charge in [-0.25, -0.2) is 0 Å². The van der Waals surface area contributed by atoms with Crippen LogP contribution >= 0.6 is 0 Å². The van der Waals surface area contributed by atoms with Gasteiger partial charge < -0.3 is 14.8 Å². The van der Waals surface area contributed by atoms with Crippen LogP contribution in [-0.4, -0.2) is 31.6 Å². The van der Waals surface area contributed by atoms with Crippen LogP contribution in [0.3, 0.4) is 0 Å². The summed E-state index contributed by atoms with van der Waals surface area (Å²) in [4.78, 5) is 4.03. The molecule has 3 rings (SSSR count). The number of benzene rings is 1. The number of aliphatic imine (C=N–C) groups is 1. The molecule has 3 unspecified atom stereocenters. The second kappa shape index (κ2) is 3.46. The highest BCUT2D eigenvalue weighted by Gasteiger charge is 2.26. The van der Waals surface area contributed by atoms with Gasteiger partial charge in [-0.3, -0.25) is 4.99 Å². The van der Waals surface area contributed by atoms with Gasteiger partial charge in [0.15, 0.2) is 17.6 Å². The Bertz CT molecular complexity index is 509. The van der Waals surface area contributed by atoms with Gasteiger partial charge in [-0.05, 0) is 12.1 Å². The van der Waals surface area contributed by atoms with E-state index in [1.807, 2.05) is 0 Å². The third kappa shape index (κ3) is 1.52. The van der Waals surface area contributed by atoms with Crippen molar-refractivity contribution < 1.29 is 13.6 Å². The second-order valence-electron chi connectivity index (χ2n) is 3.26. The average molecular weight is 207 g/mol. The molecule has 0 saturated carbocycles. The third-order valence-electron chi connectivity index (χ3n) is 2.27. The summed E-state index contributed by atoms with van der Waals surface area (Å²) in [6.45, 7) is -1.30. The van der Waals surface area contributed by atoms with Gasteiger partial charge in [-0.1, -0.05) is 12.1 Å². The predicted molar refractivity (Wildman–Crippen MR) is 56.7 cm³/mol. The van der Waals surface area contributed by atoms with E-state index in [0.717, 1.165) is 0 Å². The molecular formula is C11H12N2O2. The number of hydrogen-bond donors (Lipinski definition) is 1. The maximum absolute atomic E-state index is 7.53. The van der Waals surface area contributed by atoms with Gasteiger partial charge in [0.25, 0.3) is 0 Å². The molecule has 0 aliphatic carbocycles. The largest absolute Gasteiger partial charge is 0.485 e. The van der Waals surface area contributed by atoms with Crippen molar-refractivity contribution in [3.63, 3.8) is 0 Å². The lowest BCUT2D eigenvalue weighted by Crippen LogP contribution is -2.42. The van der Waals surface area contributed by atoms with Crippen LogP contribution in [0.25, 0.3) is 0 Å². The second-order valence-corrected chi connectivity index (χ2v) is 3.26. The highest BCUT2D eigenvalue weighted by molar-refractivity contribution is 5.88. The van der Waals surface area contributed by atoms with E-state index < -0.39 is 19.1 Å². The lowest BCUT2D eigenvalue weighted by Gasteiger charge is -2.26. The molecule has 0 amide bonds. The van der Waals surface area contributed by atoms with Crippen LogP contribution in [0.2, 0.25) is 0 Å². The molecule has 2 heterocycles. The lowest BCUT2D eigenvalue weighted by molar-refractivity contribution is 0.133. The molecule has 0 spiro atoms. The Kier molecular flexibility index (Phi) is 1.38. The van der Waals surface area contributed by atoms with Crippen LogP contribution in [0, 0.1) is 0 Å². The van der Waals surface area contributed by atoms with Gasteiger partial charge in [-0.15, -0.1) is 0 Å². The molecule has 0 aromatic heterocycles. The Balaban J connectivity index is 1.79. The summed E-state index contributed by atoms with van der Waals surface area (Å²) >= 11 is 0. The zero-order valence-corrected chi connectivity index (χ0v) is 7.93. The Morgan fingerprint density at radius 2 is 2.53 bits per heavy atom. The normalized spacial score (nSPS) is 35.9. The van der Waals surface area contributed by atoms with Gasteiger partial charge in [0.05, 0.1) is 10.6 Å². The van der Waals surface area contributed by atoms with Crippen molar-refractivity contribution in [1.82, 2.24) is 5.32 Å². The topological polar surface area (TPSA) is 42.8 Å². The molecule has 0 radical (unpaired) electrons. The van der Waals surface area contributed by atoms with Gasteiger partial charge in [-0.2, -0.15) is 0 Å². The summed E-state index contributed by atoms with van der Waals surface area (Å²) in [6.07, 6.45) is -0.419. The van der Waals surface area contributed by atoms with Crippen molar-refractivity contribution >= 4 is 5.84 Å². The van der Waals surface area contributed by atoms with Gasteiger partial charge >= 0.3 is 0 Å². The number of hydrogen-bond acceptors (Lipinski definition) is 4. The zero-order chi connectivity index (χ0) is 12.7. The molecule has 2 aliphatic rings. The number of rotatable bonds is 1. The highest BCUT2D eigenvalue weighted by Crippen LogP contribution is 2.31. The molecule has 0 bridgehead atoms. The Labute approximate surface area is 92.1 Å². The first-order valence-electron chi connectivity index (χ1n) is 6.38. The van der Waals surface area contributed by atoms with Crippen LogP contribution in [0.1, 0.15) is 4.11 Å². The van der Waals surface area contributed by atoms with Crippen LogP contribution in [0.4, 0.5) is 0 Å². The smallest absolute Gasteiger partial charge is 0.189 e. The van der Waals surface area contributed by atoms with E-state index in [9.17, 15) is 0 Å². The highest BCUT2D eigenvalue weighted by atomic mass is 16.6. The van der Waals surface area contributed by atoms with Gasteiger partial charge in [0.2, 0.25) is 0 Å². The van der Waals surface area contributed by atoms with E-state index in [1.165, 1.54) is 0 Å². The molecule has 1 aromatic carbocycles. The van der Waals surface area contributed by atoms with Crippen LogP contribution < -0.4 is 14.8 Å². The minimum atomic E-state index is -0.819. The predicted octanol–water partition coefficient (Wildman–Crippen LogP) is 0.828.